The summed E-state index contributed by atoms with van der Waals surface area (Å²) >= 11 is 4.31. The second kappa shape index (κ2) is 7.25. The van der Waals surface area contributed by atoms with E-state index in [1.165, 1.54) is 0 Å². The van der Waals surface area contributed by atoms with E-state index in [9.17, 15) is 0 Å². The number of halogens is 2. The Morgan fingerprint density at radius 3 is 2.36 bits per heavy atom. The van der Waals surface area contributed by atoms with Gasteiger partial charge in [-0.2, -0.15) is 0 Å². The molecule has 2 atom stereocenters. The summed E-state index contributed by atoms with van der Waals surface area (Å²) in [5, 5.41) is 0. The molecular weight excluding hydrogens is 406 g/mol. The van der Waals surface area contributed by atoms with Gasteiger partial charge < -0.3 is 9.47 Å². The van der Waals surface area contributed by atoms with Gasteiger partial charge in [0.25, 0.3) is 0 Å². The minimum atomic E-state index is -0.444. The van der Waals surface area contributed by atoms with Crippen molar-refractivity contribution in [2.45, 2.75) is 43.5 Å². The Morgan fingerprint density at radius 1 is 1.43 bits per heavy atom. The first-order valence-corrected chi connectivity index (χ1v) is 6.81. The van der Waals surface area contributed by atoms with Crippen LogP contribution in [0.2, 0.25) is 0 Å². The molecule has 0 rings (SSSR count). The Balaban J connectivity index is 4.32. The fourth-order valence-electron chi connectivity index (χ4n) is 0.858. The summed E-state index contributed by atoms with van der Waals surface area (Å²) in [5.41, 5.74) is -0.444. The molecule has 0 heterocycles. The van der Waals surface area contributed by atoms with Crippen LogP contribution >= 0.6 is 45.2 Å². The summed E-state index contributed by atoms with van der Waals surface area (Å²) in [4.78, 5) is 0. The SMILES string of the molecule is CCO[C@H](OC(C)(C)C#CI)[C@H](C)I. The van der Waals surface area contributed by atoms with Gasteiger partial charge in [-0.05, 0) is 31.6 Å². The Kier molecular flexibility index (Phi) is 7.74. The topological polar surface area (TPSA) is 18.5 Å². The first-order chi connectivity index (χ1) is 6.43. The average molecular weight is 422 g/mol. The smallest absolute Gasteiger partial charge is 0.170 e. The van der Waals surface area contributed by atoms with Crippen LogP contribution in [0.25, 0.3) is 0 Å². The number of hydrogen-bond donors (Lipinski definition) is 0. The maximum absolute atomic E-state index is 5.77. The standard InChI is InChI=1S/C10H16I2O2/c1-5-13-9(8(2)12)14-10(3,4)6-7-11/h8-9H,5H2,1-4H3/t8-,9+/m0/s1. The lowest BCUT2D eigenvalue weighted by atomic mass is 10.1. The fourth-order valence-corrected chi connectivity index (χ4v) is 1.86. The maximum atomic E-state index is 5.77. The third-order valence-corrected chi connectivity index (χ3v) is 2.32. The average Bonchev–Trinajstić information content (AvgIpc) is 2.02. The highest BCUT2D eigenvalue weighted by molar-refractivity contribution is 14.1. The highest BCUT2D eigenvalue weighted by Crippen LogP contribution is 2.18. The Bertz CT molecular complexity index is 216. The van der Waals surface area contributed by atoms with Gasteiger partial charge >= 0.3 is 0 Å². The summed E-state index contributed by atoms with van der Waals surface area (Å²) in [5.74, 6) is 3.00. The van der Waals surface area contributed by atoms with Gasteiger partial charge in [0.1, 0.15) is 5.60 Å². The molecule has 0 unspecified atom stereocenters. The summed E-state index contributed by atoms with van der Waals surface area (Å²) in [7, 11) is 0. The van der Waals surface area contributed by atoms with Crippen LogP contribution in [-0.4, -0.2) is 22.4 Å². The van der Waals surface area contributed by atoms with Crippen LogP contribution in [0.4, 0.5) is 0 Å². The van der Waals surface area contributed by atoms with Crippen molar-refractivity contribution in [3.63, 3.8) is 0 Å². The molecule has 4 heteroatoms. The normalized spacial score (nSPS) is 15.6. The molecule has 0 N–H and O–H groups in total. The number of alkyl halides is 1. The number of hydrogen-bond acceptors (Lipinski definition) is 2. The van der Waals surface area contributed by atoms with Crippen molar-refractivity contribution in [2.24, 2.45) is 0 Å². The van der Waals surface area contributed by atoms with E-state index in [0.717, 1.165) is 0 Å². The molecule has 0 spiro atoms. The quantitative estimate of drug-likeness (QED) is 0.293. The summed E-state index contributed by atoms with van der Waals surface area (Å²) in [6.07, 6.45) is -0.187. The Labute approximate surface area is 114 Å². The summed E-state index contributed by atoms with van der Waals surface area (Å²) < 4.78 is 14.4. The lowest BCUT2D eigenvalue weighted by Gasteiger charge is -2.28. The van der Waals surface area contributed by atoms with Gasteiger partial charge in [0.2, 0.25) is 0 Å². The van der Waals surface area contributed by atoms with E-state index in [1.54, 1.807) is 0 Å². The molecule has 0 aliphatic carbocycles. The van der Waals surface area contributed by atoms with Crippen LogP contribution in [-0.2, 0) is 9.47 Å². The lowest BCUT2D eigenvalue weighted by Crippen LogP contribution is -2.35. The van der Waals surface area contributed by atoms with Crippen LogP contribution in [0.15, 0.2) is 0 Å². The predicted molar refractivity (Wildman–Crippen MR) is 75.9 cm³/mol. The molecule has 0 bridgehead atoms. The lowest BCUT2D eigenvalue weighted by molar-refractivity contribution is -0.176. The molecule has 0 amide bonds. The summed E-state index contributed by atoms with van der Waals surface area (Å²) in [6.45, 7) is 8.58. The minimum absolute atomic E-state index is 0.187. The zero-order valence-electron chi connectivity index (χ0n) is 8.93. The molecular formula is C10H16I2O2. The van der Waals surface area contributed by atoms with Crippen LogP contribution in [0.1, 0.15) is 27.7 Å². The van der Waals surface area contributed by atoms with Crippen LogP contribution in [0, 0.1) is 9.85 Å². The van der Waals surface area contributed by atoms with E-state index in [4.69, 9.17) is 9.47 Å². The molecule has 0 aliphatic rings. The molecule has 82 valence electrons. The van der Waals surface area contributed by atoms with Crippen LogP contribution in [0.3, 0.4) is 0 Å². The fraction of sp³-hybridized carbons (Fsp3) is 0.800. The van der Waals surface area contributed by atoms with Crippen molar-refractivity contribution < 1.29 is 9.47 Å². The van der Waals surface area contributed by atoms with Gasteiger partial charge in [0, 0.05) is 29.2 Å². The van der Waals surface area contributed by atoms with Crippen molar-refractivity contribution >= 4 is 45.2 Å². The minimum Gasteiger partial charge on any atom is -0.352 e. The van der Waals surface area contributed by atoms with Crippen molar-refractivity contribution in [1.82, 2.24) is 0 Å². The van der Waals surface area contributed by atoms with Gasteiger partial charge in [0.15, 0.2) is 6.29 Å². The van der Waals surface area contributed by atoms with Gasteiger partial charge in [-0.25, -0.2) is 0 Å². The molecule has 0 saturated heterocycles. The predicted octanol–water partition coefficient (Wildman–Crippen LogP) is 3.36. The molecule has 0 aromatic rings. The molecule has 0 radical (unpaired) electrons. The second-order valence-corrected chi connectivity index (χ2v) is 5.85. The van der Waals surface area contributed by atoms with Gasteiger partial charge in [-0.15, -0.1) is 0 Å². The van der Waals surface area contributed by atoms with E-state index in [1.807, 2.05) is 43.4 Å². The third kappa shape index (κ3) is 6.43. The zero-order chi connectivity index (χ0) is 11.2. The zero-order valence-corrected chi connectivity index (χ0v) is 13.2. The van der Waals surface area contributed by atoms with Crippen molar-refractivity contribution in [2.75, 3.05) is 6.61 Å². The van der Waals surface area contributed by atoms with Crippen LogP contribution in [0.5, 0.6) is 0 Å². The van der Waals surface area contributed by atoms with E-state index >= 15 is 0 Å². The monoisotopic (exact) mass is 422 g/mol. The molecule has 14 heavy (non-hydrogen) atoms. The van der Waals surface area contributed by atoms with E-state index in [-0.39, 0.29) is 6.29 Å². The van der Waals surface area contributed by atoms with Gasteiger partial charge in [0.05, 0.1) is 3.92 Å². The highest BCUT2D eigenvalue weighted by atomic mass is 127. The summed E-state index contributed by atoms with van der Waals surface area (Å²) in [6, 6.07) is 0. The van der Waals surface area contributed by atoms with Crippen molar-refractivity contribution in [3.8, 4) is 9.85 Å². The van der Waals surface area contributed by atoms with E-state index in [2.05, 4.69) is 39.4 Å². The molecule has 0 aromatic carbocycles. The molecule has 0 aliphatic heterocycles. The number of rotatable bonds is 5. The highest BCUT2D eigenvalue weighted by Gasteiger charge is 2.24. The first-order valence-electron chi connectivity index (χ1n) is 4.49. The Morgan fingerprint density at radius 2 is 2.00 bits per heavy atom. The van der Waals surface area contributed by atoms with Gasteiger partial charge in [-0.1, -0.05) is 28.5 Å². The number of ether oxygens (including phenoxy) is 2. The van der Waals surface area contributed by atoms with Crippen molar-refractivity contribution in [3.05, 3.63) is 0 Å². The first kappa shape index (κ1) is 14.9. The molecule has 2 nitrogen and oxygen atoms in total. The third-order valence-electron chi connectivity index (χ3n) is 1.47. The maximum Gasteiger partial charge on any atom is 0.170 e. The van der Waals surface area contributed by atoms with Crippen molar-refractivity contribution in [1.29, 1.82) is 0 Å². The van der Waals surface area contributed by atoms with Gasteiger partial charge in [-0.3, -0.25) is 0 Å². The molecule has 0 fully saturated rings. The van der Waals surface area contributed by atoms with E-state index < -0.39 is 5.60 Å². The molecule has 0 aromatic heterocycles. The van der Waals surface area contributed by atoms with Crippen LogP contribution < -0.4 is 0 Å². The second-order valence-electron chi connectivity index (χ2n) is 3.35. The Hall–Kier alpha value is 0.940. The van der Waals surface area contributed by atoms with E-state index in [0.29, 0.717) is 10.5 Å². The largest absolute Gasteiger partial charge is 0.352 e. The molecule has 0 saturated carbocycles.